The van der Waals surface area contributed by atoms with Gasteiger partial charge in [-0.2, -0.15) is 0 Å². The van der Waals surface area contributed by atoms with Gasteiger partial charge in [0.15, 0.2) is 18.3 Å². The monoisotopic (exact) mass is 548 g/mol. The highest BCUT2D eigenvalue weighted by molar-refractivity contribution is 5.68. The summed E-state index contributed by atoms with van der Waals surface area (Å²) >= 11 is 0. The van der Waals surface area contributed by atoms with Crippen molar-refractivity contribution in [1.82, 2.24) is 0 Å². The number of benzene rings is 3. The smallest absolute Gasteiger partial charge is 0.303 e. The summed E-state index contributed by atoms with van der Waals surface area (Å²) in [6.07, 6.45) is -4.06. The first-order chi connectivity index (χ1) is 19.2. The second kappa shape index (κ2) is 12.4. The van der Waals surface area contributed by atoms with Gasteiger partial charge in [0, 0.05) is 20.8 Å². The highest BCUT2D eigenvalue weighted by Crippen LogP contribution is 2.42. The zero-order chi connectivity index (χ0) is 28.8. The van der Waals surface area contributed by atoms with E-state index in [1.807, 2.05) is 91.0 Å². The largest absolute Gasteiger partial charge is 0.456 e. The lowest BCUT2D eigenvalue weighted by Gasteiger charge is -2.46. The first kappa shape index (κ1) is 28.9. The average Bonchev–Trinajstić information content (AvgIpc) is 2.94. The molecule has 0 aliphatic carbocycles. The lowest BCUT2D eigenvalue weighted by molar-refractivity contribution is -0.343. The van der Waals surface area contributed by atoms with Crippen molar-refractivity contribution in [2.24, 2.45) is 0 Å². The predicted molar refractivity (Wildman–Crippen MR) is 143 cm³/mol. The average molecular weight is 549 g/mol. The van der Waals surface area contributed by atoms with Crippen molar-refractivity contribution in [3.05, 3.63) is 108 Å². The third-order valence-electron chi connectivity index (χ3n) is 6.56. The van der Waals surface area contributed by atoms with Crippen molar-refractivity contribution in [1.29, 1.82) is 0 Å². The topological polar surface area (TPSA) is 118 Å². The van der Waals surface area contributed by atoms with Gasteiger partial charge < -0.3 is 28.8 Å². The van der Waals surface area contributed by atoms with E-state index in [9.17, 15) is 19.5 Å². The molecule has 0 radical (unpaired) electrons. The van der Waals surface area contributed by atoms with E-state index in [1.54, 1.807) is 0 Å². The van der Waals surface area contributed by atoms with Crippen LogP contribution in [0.1, 0.15) is 37.5 Å². The molecule has 0 bridgehead atoms. The Morgan fingerprint density at radius 2 is 1.18 bits per heavy atom. The number of ether oxygens (including phenoxy) is 5. The molecule has 9 heteroatoms. The molecule has 4 atom stereocenters. The summed E-state index contributed by atoms with van der Waals surface area (Å²) in [6.45, 7) is 2.62. The summed E-state index contributed by atoms with van der Waals surface area (Å²) in [7, 11) is 0. The summed E-state index contributed by atoms with van der Waals surface area (Å²) in [6, 6.07) is 28.4. The van der Waals surface area contributed by atoms with Gasteiger partial charge >= 0.3 is 17.9 Å². The molecule has 0 amide bonds. The third kappa shape index (κ3) is 6.22. The van der Waals surface area contributed by atoms with E-state index in [-0.39, 0.29) is 6.61 Å². The Hall–Kier alpha value is -4.05. The molecule has 1 fully saturated rings. The Bertz CT molecular complexity index is 1200. The molecule has 0 unspecified atom stereocenters. The minimum absolute atomic E-state index is 0.343. The maximum Gasteiger partial charge on any atom is 0.303 e. The minimum atomic E-state index is -2.29. The van der Waals surface area contributed by atoms with Crippen LogP contribution in [0, 0.1) is 0 Å². The second-order valence-electron chi connectivity index (χ2n) is 9.48. The van der Waals surface area contributed by atoms with Crippen LogP contribution in [0.2, 0.25) is 0 Å². The van der Waals surface area contributed by atoms with Crippen molar-refractivity contribution in [2.45, 2.75) is 50.5 Å². The van der Waals surface area contributed by atoms with Crippen LogP contribution in [-0.2, 0) is 43.7 Å². The molecular weight excluding hydrogens is 516 g/mol. The van der Waals surface area contributed by atoms with Crippen molar-refractivity contribution in [3.8, 4) is 0 Å². The van der Waals surface area contributed by atoms with E-state index in [0.29, 0.717) is 0 Å². The van der Waals surface area contributed by atoms with Crippen LogP contribution in [0.15, 0.2) is 91.0 Å². The number of hydrogen-bond acceptors (Lipinski definition) is 9. The van der Waals surface area contributed by atoms with Gasteiger partial charge in [0.25, 0.3) is 0 Å². The molecule has 3 aromatic rings. The SMILES string of the molecule is CC(=O)O[C@H]1[C@@H](OC(C)=O)[C@](O)(COC(c2ccccc2)(c2ccccc2)c2ccccc2)OC[C@H]1OC(C)=O. The molecule has 1 heterocycles. The van der Waals surface area contributed by atoms with Crippen molar-refractivity contribution >= 4 is 17.9 Å². The normalized spacial score (nSPS) is 22.6. The molecule has 1 aliphatic rings. The number of carbonyl (C=O) groups excluding carboxylic acids is 3. The standard InChI is InChI=1S/C31H32O9/c1-21(32)38-27-19-36-30(35,29(40-23(3)34)28(27)39-22(2)33)20-37-31(24-13-7-4-8-14-24,25-15-9-5-10-16-25)26-17-11-6-12-18-26/h4-18,27-29,35H,19-20H2,1-3H3/t27-,28-,29-,30+/m1/s1. The first-order valence-electron chi connectivity index (χ1n) is 12.8. The zero-order valence-corrected chi connectivity index (χ0v) is 22.5. The lowest BCUT2D eigenvalue weighted by Crippen LogP contribution is -2.66. The van der Waals surface area contributed by atoms with Gasteiger partial charge in [-0.1, -0.05) is 91.0 Å². The van der Waals surface area contributed by atoms with Gasteiger partial charge in [0.2, 0.25) is 5.79 Å². The summed E-state index contributed by atoms with van der Waals surface area (Å²) in [5.74, 6) is -4.44. The fourth-order valence-electron chi connectivity index (χ4n) is 4.94. The predicted octanol–water partition coefficient (Wildman–Crippen LogP) is 3.51. The van der Waals surface area contributed by atoms with Gasteiger partial charge in [-0.05, 0) is 16.7 Å². The van der Waals surface area contributed by atoms with Crippen LogP contribution in [0.4, 0.5) is 0 Å². The van der Waals surface area contributed by atoms with Gasteiger partial charge in [-0.25, -0.2) is 0 Å². The Kier molecular flexibility index (Phi) is 8.99. The molecule has 0 aromatic heterocycles. The fourth-order valence-corrected chi connectivity index (χ4v) is 4.94. The molecule has 1 saturated heterocycles. The Morgan fingerprint density at radius 3 is 1.57 bits per heavy atom. The third-order valence-corrected chi connectivity index (χ3v) is 6.56. The minimum Gasteiger partial charge on any atom is -0.456 e. The molecule has 9 nitrogen and oxygen atoms in total. The van der Waals surface area contributed by atoms with E-state index >= 15 is 0 Å². The van der Waals surface area contributed by atoms with Crippen LogP contribution < -0.4 is 0 Å². The summed E-state index contributed by atoms with van der Waals surface area (Å²) in [5, 5.41) is 11.9. The lowest BCUT2D eigenvalue weighted by atomic mass is 9.80. The molecule has 0 spiro atoms. The molecule has 0 saturated carbocycles. The van der Waals surface area contributed by atoms with Gasteiger partial charge in [-0.15, -0.1) is 0 Å². The van der Waals surface area contributed by atoms with Crippen molar-refractivity contribution in [2.75, 3.05) is 13.2 Å². The van der Waals surface area contributed by atoms with Gasteiger partial charge in [-0.3, -0.25) is 14.4 Å². The van der Waals surface area contributed by atoms with Gasteiger partial charge in [0.05, 0.1) is 6.61 Å². The molecule has 1 aliphatic heterocycles. The van der Waals surface area contributed by atoms with Gasteiger partial charge in [0.1, 0.15) is 12.2 Å². The second-order valence-corrected chi connectivity index (χ2v) is 9.48. The first-order valence-corrected chi connectivity index (χ1v) is 12.8. The summed E-state index contributed by atoms with van der Waals surface area (Å²) < 4.78 is 28.6. The molecule has 40 heavy (non-hydrogen) atoms. The van der Waals surface area contributed by atoms with E-state index in [1.165, 1.54) is 6.92 Å². The molecule has 210 valence electrons. The highest BCUT2D eigenvalue weighted by Gasteiger charge is 2.57. The number of esters is 3. The maximum absolute atomic E-state index is 12.1. The number of rotatable bonds is 9. The Morgan fingerprint density at radius 1 is 0.750 bits per heavy atom. The van der Waals surface area contributed by atoms with Crippen LogP contribution in [0.5, 0.6) is 0 Å². The fraction of sp³-hybridized carbons (Fsp3) is 0.323. The Labute approximate surface area is 232 Å². The van der Waals surface area contributed by atoms with E-state index in [0.717, 1.165) is 30.5 Å². The Balaban J connectivity index is 1.81. The molecule has 4 rings (SSSR count). The van der Waals surface area contributed by atoms with Crippen LogP contribution >= 0.6 is 0 Å². The molecular formula is C31H32O9. The van der Waals surface area contributed by atoms with Crippen molar-refractivity contribution < 1.29 is 43.2 Å². The highest BCUT2D eigenvalue weighted by atomic mass is 16.7. The summed E-state index contributed by atoms with van der Waals surface area (Å²) in [5.41, 5.74) is 1.08. The molecule has 3 aromatic carbocycles. The summed E-state index contributed by atoms with van der Waals surface area (Å²) in [4.78, 5) is 35.9. The maximum atomic E-state index is 12.1. The quantitative estimate of drug-likeness (QED) is 0.244. The van der Waals surface area contributed by atoms with Crippen molar-refractivity contribution in [3.63, 3.8) is 0 Å². The van der Waals surface area contributed by atoms with E-state index < -0.39 is 54.2 Å². The van der Waals surface area contributed by atoms with E-state index in [4.69, 9.17) is 23.7 Å². The van der Waals surface area contributed by atoms with E-state index in [2.05, 4.69) is 0 Å². The number of carbonyl (C=O) groups is 3. The molecule has 1 N–H and O–H groups in total. The van der Waals surface area contributed by atoms with Crippen LogP contribution in [-0.4, -0.2) is 60.3 Å². The van der Waals surface area contributed by atoms with Crippen LogP contribution in [0.25, 0.3) is 0 Å². The number of hydrogen-bond donors (Lipinski definition) is 1. The number of aliphatic hydroxyl groups is 1. The zero-order valence-electron chi connectivity index (χ0n) is 22.5. The van der Waals surface area contributed by atoms with Crippen LogP contribution in [0.3, 0.4) is 0 Å².